The summed E-state index contributed by atoms with van der Waals surface area (Å²) in [5, 5.41) is 0. The fraction of sp³-hybridized carbons (Fsp3) is 0.786. The molecule has 194 valence electrons. The van der Waals surface area contributed by atoms with Crippen molar-refractivity contribution in [3.63, 3.8) is 0 Å². The molecule has 34 heavy (non-hydrogen) atoms. The maximum Gasteiger partial charge on any atom is 0.499 e. The third-order valence-corrected chi connectivity index (χ3v) is 8.26. The van der Waals surface area contributed by atoms with Crippen molar-refractivity contribution in [1.29, 1.82) is 0 Å². The van der Waals surface area contributed by atoms with Crippen molar-refractivity contribution in [2.75, 3.05) is 0 Å². The van der Waals surface area contributed by atoms with Crippen LogP contribution in [0.1, 0.15) is 102 Å². The molecule has 6 heteroatoms. The third kappa shape index (κ3) is 8.12. The highest BCUT2D eigenvalue weighted by molar-refractivity contribution is 5.27. The van der Waals surface area contributed by atoms with Crippen molar-refractivity contribution in [3.8, 4) is 5.75 Å². The molecule has 0 atom stereocenters. The van der Waals surface area contributed by atoms with Gasteiger partial charge in [-0.05, 0) is 79.9 Å². The van der Waals surface area contributed by atoms with E-state index >= 15 is 0 Å². The van der Waals surface area contributed by atoms with Gasteiger partial charge < -0.3 is 4.74 Å². The number of halogens is 5. The highest BCUT2D eigenvalue weighted by Gasteiger charge is 2.61. The number of rotatable bonds is 11. The fourth-order valence-electron chi connectivity index (χ4n) is 6.06. The van der Waals surface area contributed by atoms with Gasteiger partial charge in [0.1, 0.15) is 5.75 Å². The second kappa shape index (κ2) is 12.6. The van der Waals surface area contributed by atoms with Gasteiger partial charge in [-0.2, -0.15) is 22.0 Å². The number of unbranched alkanes of at least 4 members (excludes halogenated alkanes) is 3. The Labute approximate surface area is 201 Å². The summed E-state index contributed by atoms with van der Waals surface area (Å²) in [6.45, 7) is 2.27. The molecular formula is C28H41F5O. The standard InChI is InChI=1S/C28H41F5O/c1-2-3-4-5-6-21-9-15-24(16-10-21)25-17-11-22(12-18-25)7-8-23-13-19-26(20-14-23)34-28(32,33)27(29,30)31/h13-14,19-22,24-25H,2-12,15-18H2,1H3. The van der Waals surface area contributed by atoms with Crippen LogP contribution in [0.25, 0.3) is 0 Å². The largest absolute Gasteiger partial charge is 0.499 e. The normalized spacial score (nSPS) is 26.4. The predicted octanol–water partition coefficient (Wildman–Crippen LogP) is 9.74. The summed E-state index contributed by atoms with van der Waals surface area (Å²) in [6, 6.07) is 5.58. The average Bonchev–Trinajstić information content (AvgIpc) is 2.81. The molecule has 2 saturated carbocycles. The van der Waals surface area contributed by atoms with E-state index in [1.54, 1.807) is 12.1 Å². The first-order valence-corrected chi connectivity index (χ1v) is 13.4. The molecule has 0 saturated heterocycles. The van der Waals surface area contributed by atoms with Gasteiger partial charge in [-0.1, -0.05) is 76.8 Å². The zero-order chi connectivity index (χ0) is 24.6. The molecule has 1 aromatic rings. The number of hydrogen-bond acceptors (Lipinski definition) is 1. The topological polar surface area (TPSA) is 9.23 Å². The van der Waals surface area contributed by atoms with Crippen LogP contribution in [0.3, 0.4) is 0 Å². The van der Waals surface area contributed by atoms with Crippen molar-refractivity contribution in [2.24, 2.45) is 23.7 Å². The van der Waals surface area contributed by atoms with Gasteiger partial charge in [-0.15, -0.1) is 0 Å². The molecule has 0 bridgehead atoms. The van der Waals surface area contributed by atoms with Gasteiger partial charge in [-0.25, -0.2) is 0 Å². The first-order chi connectivity index (χ1) is 16.2. The van der Waals surface area contributed by atoms with E-state index in [0.29, 0.717) is 5.92 Å². The molecule has 0 N–H and O–H groups in total. The molecule has 0 amide bonds. The lowest BCUT2D eigenvalue weighted by molar-refractivity contribution is -0.360. The Morgan fingerprint density at radius 1 is 0.706 bits per heavy atom. The summed E-state index contributed by atoms with van der Waals surface area (Å²) in [6.07, 6.45) is 8.66. The number of ether oxygens (including phenoxy) is 1. The molecule has 0 unspecified atom stereocenters. The quantitative estimate of drug-likeness (QED) is 0.222. The summed E-state index contributed by atoms with van der Waals surface area (Å²) < 4.78 is 66.8. The van der Waals surface area contributed by atoms with Gasteiger partial charge in [0.25, 0.3) is 0 Å². The third-order valence-electron chi connectivity index (χ3n) is 8.26. The van der Waals surface area contributed by atoms with Gasteiger partial charge in [0.2, 0.25) is 0 Å². The van der Waals surface area contributed by atoms with Gasteiger partial charge in [-0.3, -0.25) is 0 Å². The first kappa shape index (κ1) is 27.3. The maximum absolute atomic E-state index is 13.0. The zero-order valence-corrected chi connectivity index (χ0v) is 20.5. The van der Waals surface area contributed by atoms with Crippen LogP contribution in [0.4, 0.5) is 22.0 Å². The summed E-state index contributed by atoms with van der Waals surface area (Å²) >= 11 is 0. The van der Waals surface area contributed by atoms with Crippen LogP contribution in [0.5, 0.6) is 5.75 Å². The van der Waals surface area contributed by atoms with Crippen LogP contribution in [-0.2, 0) is 6.42 Å². The van der Waals surface area contributed by atoms with Gasteiger partial charge in [0.15, 0.2) is 0 Å². The molecule has 1 aromatic carbocycles. The molecule has 0 aromatic heterocycles. The van der Waals surface area contributed by atoms with Gasteiger partial charge in [0.05, 0.1) is 0 Å². The Bertz CT molecular complexity index is 699. The zero-order valence-electron chi connectivity index (χ0n) is 20.5. The van der Waals surface area contributed by atoms with Crippen molar-refractivity contribution < 1.29 is 26.7 Å². The van der Waals surface area contributed by atoms with Crippen LogP contribution in [0, 0.1) is 23.7 Å². The lowest BCUT2D eigenvalue weighted by Gasteiger charge is -2.38. The monoisotopic (exact) mass is 488 g/mol. The molecule has 0 heterocycles. The van der Waals surface area contributed by atoms with E-state index in [2.05, 4.69) is 11.7 Å². The van der Waals surface area contributed by atoms with Gasteiger partial charge >= 0.3 is 12.3 Å². The molecule has 0 spiro atoms. The molecule has 3 rings (SSSR count). The maximum atomic E-state index is 13.0. The molecular weight excluding hydrogens is 447 g/mol. The summed E-state index contributed by atoms with van der Waals surface area (Å²) in [5.74, 6) is 2.96. The summed E-state index contributed by atoms with van der Waals surface area (Å²) in [4.78, 5) is 0. The average molecular weight is 489 g/mol. The Morgan fingerprint density at radius 2 is 1.24 bits per heavy atom. The van der Waals surface area contributed by atoms with E-state index in [4.69, 9.17) is 0 Å². The van der Waals surface area contributed by atoms with Crippen LogP contribution >= 0.6 is 0 Å². The minimum absolute atomic E-state index is 0.470. The van der Waals surface area contributed by atoms with E-state index in [1.165, 1.54) is 95.6 Å². The van der Waals surface area contributed by atoms with Crippen molar-refractivity contribution in [1.82, 2.24) is 0 Å². The molecule has 2 aliphatic carbocycles. The molecule has 0 aliphatic heterocycles. The number of aryl methyl sites for hydroxylation is 1. The molecule has 2 aliphatic rings. The van der Waals surface area contributed by atoms with Gasteiger partial charge in [0, 0.05) is 0 Å². The Balaban J connectivity index is 1.33. The van der Waals surface area contributed by atoms with Crippen LogP contribution < -0.4 is 4.74 Å². The van der Waals surface area contributed by atoms with E-state index in [-0.39, 0.29) is 0 Å². The smallest absolute Gasteiger partial charge is 0.426 e. The van der Waals surface area contributed by atoms with Crippen LogP contribution in [0.15, 0.2) is 24.3 Å². The number of alkyl halides is 5. The minimum atomic E-state index is -5.72. The second-order valence-corrected chi connectivity index (χ2v) is 10.7. The predicted molar refractivity (Wildman–Crippen MR) is 126 cm³/mol. The summed E-state index contributed by atoms with van der Waals surface area (Å²) in [7, 11) is 0. The van der Waals surface area contributed by atoms with Crippen molar-refractivity contribution in [2.45, 2.75) is 116 Å². The second-order valence-electron chi connectivity index (χ2n) is 10.7. The van der Waals surface area contributed by atoms with E-state index < -0.39 is 18.0 Å². The molecule has 2 fully saturated rings. The molecule has 0 radical (unpaired) electrons. The van der Waals surface area contributed by atoms with E-state index in [0.717, 1.165) is 36.2 Å². The SMILES string of the molecule is CCCCCCC1CCC(C2CCC(CCc3ccc(OC(F)(F)C(F)(F)F)cc3)CC2)CC1. The van der Waals surface area contributed by atoms with Crippen LogP contribution in [-0.4, -0.2) is 12.3 Å². The fourth-order valence-corrected chi connectivity index (χ4v) is 6.06. The van der Waals surface area contributed by atoms with Crippen LogP contribution in [0.2, 0.25) is 0 Å². The summed E-state index contributed by atoms with van der Waals surface area (Å²) in [5.41, 5.74) is 0.946. The highest BCUT2D eigenvalue weighted by atomic mass is 19.4. The Morgan fingerprint density at radius 3 is 1.74 bits per heavy atom. The Kier molecular flexibility index (Phi) is 10.1. The lowest BCUT2D eigenvalue weighted by atomic mass is 9.68. The lowest BCUT2D eigenvalue weighted by Crippen LogP contribution is -2.41. The highest BCUT2D eigenvalue weighted by Crippen LogP contribution is 2.43. The molecule has 1 nitrogen and oxygen atoms in total. The number of hydrogen-bond donors (Lipinski definition) is 0. The van der Waals surface area contributed by atoms with E-state index in [9.17, 15) is 22.0 Å². The Hall–Kier alpha value is -1.33. The minimum Gasteiger partial charge on any atom is -0.426 e. The van der Waals surface area contributed by atoms with Crippen molar-refractivity contribution in [3.05, 3.63) is 29.8 Å². The number of benzene rings is 1. The van der Waals surface area contributed by atoms with E-state index in [1.807, 2.05) is 0 Å². The van der Waals surface area contributed by atoms with Crippen molar-refractivity contribution >= 4 is 0 Å². The first-order valence-electron chi connectivity index (χ1n) is 13.4.